The van der Waals surface area contributed by atoms with Crippen LogP contribution in [0.3, 0.4) is 0 Å². The van der Waals surface area contributed by atoms with E-state index in [-0.39, 0.29) is 24.9 Å². The zero-order valence-corrected chi connectivity index (χ0v) is 14.1. The summed E-state index contributed by atoms with van der Waals surface area (Å²) in [7, 11) is 0. The van der Waals surface area contributed by atoms with Gasteiger partial charge in [-0.3, -0.25) is 9.59 Å². The van der Waals surface area contributed by atoms with Gasteiger partial charge < -0.3 is 16.0 Å². The number of amides is 2. The van der Waals surface area contributed by atoms with Crippen LogP contribution in [0.15, 0.2) is 36.4 Å². The number of aryl methyl sites for hydroxylation is 1. The van der Waals surface area contributed by atoms with Crippen LogP contribution in [0.25, 0.3) is 22.2 Å². The second-order valence-corrected chi connectivity index (χ2v) is 6.04. The zero-order chi connectivity index (χ0) is 19.6. The molecule has 0 saturated carbocycles. The van der Waals surface area contributed by atoms with E-state index in [1.807, 2.05) is 0 Å². The zero-order valence-electron chi connectivity index (χ0n) is 14.1. The topological polar surface area (TPSA) is 88.0 Å². The first-order chi connectivity index (χ1) is 12.8. The summed E-state index contributed by atoms with van der Waals surface area (Å²) in [5.41, 5.74) is 6.64. The number of hydrogen-bond acceptors (Lipinski definition) is 2. The number of hydrogen-bond donors (Lipinski definition) is 3. The van der Waals surface area contributed by atoms with Crippen LogP contribution in [-0.2, 0) is 16.0 Å². The number of aromatic amines is 1. The van der Waals surface area contributed by atoms with E-state index in [1.165, 1.54) is 30.3 Å². The molecule has 0 aliphatic heterocycles. The summed E-state index contributed by atoms with van der Waals surface area (Å²) in [5.74, 6) is -3.04. The molecule has 2 amide bonds. The number of H-pyrrole nitrogens is 1. The van der Waals surface area contributed by atoms with Crippen molar-refractivity contribution in [2.24, 2.45) is 5.73 Å². The fourth-order valence-corrected chi connectivity index (χ4v) is 2.91. The van der Waals surface area contributed by atoms with E-state index in [1.54, 1.807) is 0 Å². The van der Waals surface area contributed by atoms with Gasteiger partial charge in [0.1, 0.15) is 17.5 Å². The molecular formula is C19H16F3N3O2. The summed E-state index contributed by atoms with van der Waals surface area (Å²) < 4.78 is 41.1. The molecule has 3 aromatic rings. The van der Waals surface area contributed by atoms with Crippen LogP contribution in [0.1, 0.15) is 12.0 Å². The Bertz CT molecular complexity index is 1010. The fourth-order valence-electron chi connectivity index (χ4n) is 2.91. The quantitative estimate of drug-likeness (QED) is 0.619. The standard InChI is InChI=1S/C19H16F3N3O2/c20-11-3-1-10(2-4-11)18-13(5-6-17(27)24-9-16(23)26)14-7-12(21)8-15(22)19(14)25-18/h1-4,7-8,25H,5-6,9H2,(H2,23,26)(H,24,27). The second kappa shape index (κ2) is 7.53. The fraction of sp³-hybridized carbons (Fsp3) is 0.158. The Morgan fingerprint density at radius 1 is 1.04 bits per heavy atom. The molecule has 0 fully saturated rings. The monoisotopic (exact) mass is 375 g/mol. The summed E-state index contributed by atoms with van der Waals surface area (Å²) in [6, 6.07) is 7.45. The van der Waals surface area contributed by atoms with Crippen molar-refractivity contribution < 1.29 is 22.8 Å². The largest absolute Gasteiger partial charge is 0.368 e. The van der Waals surface area contributed by atoms with E-state index < -0.39 is 29.3 Å². The number of carbonyl (C=O) groups is 2. The maximum absolute atomic E-state index is 14.2. The molecular weight excluding hydrogens is 359 g/mol. The van der Waals surface area contributed by atoms with Crippen LogP contribution in [0.5, 0.6) is 0 Å². The average Bonchev–Trinajstić information content (AvgIpc) is 2.97. The van der Waals surface area contributed by atoms with Crippen molar-refractivity contribution in [1.29, 1.82) is 0 Å². The van der Waals surface area contributed by atoms with Crippen molar-refractivity contribution in [3.63, 3.8) is 0 Å². The van der Waals surface area contributed by atoms with E-state index in [4.69, 9.17) is 5.73 Å². The highest BCUT2D eigenvalue weighted by Gasteiger charge is 2.18. The van der Waals surface area contributed by atoms with Gasteiger partial charge in [-0.15, -0.1) is 0 Å². The van der Waals surface area contributed by atoms with E-state index in [0.29, 0.717) is 22.2 Å². The minimum atomic E-state index is -0.766. The molecule has 0 spiro atoms. The van der Waals surface area contributed by atoms with E-state index in [2.05, 4.69) is 10.3 Å². The van der Waals surface area contributed by atoms with Crippen molar-refractivity contribution in [2.75, 3.05) is 6.54 Å². The van der Waals surface area contributed by atoms with Crippen LogP contribution in [0, 0.1) is 17.5 Å². The van der Waals surface area contributed by atoms with Crippen molar-refractivity contribution in [1.82, 2.24) is 10.3 Å². The number of rotatable bonds is 6. The number of aromatic nitrogens is 1. The summed E-state index contributed by atoms with van der Waals surface area (Å²) >= 11 is 0. The Labute approximate surface area is 152 Å². The first kappa shape index (κ1) is 18.5. The number of nitrogens with two attached hydrogens (primary N) is 1. The molecule has 5 nitrogen and oxygen atoms in total. The third kappa shape index (κ3) is 4.11. The van der Waals surface area contributed by atoms with Crippen molar-refractivity contribution >= 4 is 22.7 Å². The van der Waals surface area contributed by atoms with Crippen molar-refractivity contribution in [2.45, 2.75) is 12.8 Å². The van der Waals surface area contributed by atoms with Gasteiger partial charge in [0.05, 0.1) is 12.1 Å². The molecule has 0 aliphatic carbocycles. The molecule has 1 heterocycles. The maximum atomic E-state index is 14.2. The molecule has 1 aromatic heterocycles. The van der Waals surface area contributed by atoms with Crippen molar-refractivity contribution in [3.8, 4) is 11.3 Å². The molecule has 3 rings (SSSR count). The van der Waals surface area contributed by atoms with Crippen LogP contribution >= 0.6 is 0 Å². The van der Waals surface area contributed by atoms with Gasteiger partial charge in [0.15, 0.2) is 0 Å². The normalized spacial score (nSPS) is 10.9. The Morgan fingerprint density at radius 2 is 1.74 bits per heavy atom. The smallest absolute Gasteiger partial charge is 0.236 e. The van der Waals surface area contributed by atoms with Gasteiger partial charge in [0.25, 0.3) is 0 Å². The van der Waals surface area contributed by atoms with Crippen LogP contribution in [-0.4, -0.2) is 23.3 Å². The van der Waals surface area contributed by atoms with E-state index in [0.717, 1.165) is 6.07 Å². The highest BCUT2D eigenvalue weighted by molar-refractivity contribution is 5.92. The minimum Gasteiger partial charge on any atom is -0.368 e. The average molecular weight is 375 g/mol. The first-order valence-electron chi connectivity index (χ1n) is 8.15. The Morgan fingerprint density at radius 3 is 2.41 bits per heavy atom. The van der Waals surface area contributed by atoms with E-state index in [9.17, 15) is 22.8 Å². The lowest BCUT2D eigenvalue weighted by Gasteiger charge is -2.06. The lowest BCUT2D eigenvalue weighted by molar-refractivity contribution is -0.124. The molecule has 140 valence electrons. The molecule has 8 heteroatoms. The maximum Gasteiger partial charge on any atom is 0.236 e. The van der Waals surface area contributed by atoms with E-state index >= 15 is 0 Å². The first-order valence-corrected chi connectivity index (χ1v) is 8.15. The second-order valence-electron chi connectivity index (χ2n) is 6.04. The van der Waals surface area contributed by atoms with Gasteiger partial charge in [-0.2, -0.15) is 0 Å². The van der Waals surface area contributed by atoms with Gasteiger partial charge in [-0.05, 0) is 47.9 Å². The number of primary amides is 1. The molecule has 4 N–H and O–H groups in total. The molecule has 0 bridgehead atoms. The third-order valence-electron chi connectivity index (χ3n) is 4.13. The summed E-state index contributed by atoms with van der Waals surface area (Å²) in [4.78, 5) is 25.5. The Kier molecular flexibility index (Phi) is 5.16. The minimum absolute atomic E-state index is 0.0213. The third-order valence-corrected chi connectivity index (χ3v) is 4.13. The van der Waals surface area contributed by atoms with Gasteiger partial charge in [0.2, 0.25) is 11.8 Å². The molecule has 0 radical (unpaired) electrons. The predicted molar refractivity (Wildman–Crippen MR) is 94.1 cm³/mol. The summed E-state index contributed by atoms with van der Waals surface area (Å²) in [6.07, 6.45) is 0.132. The van der Waals surface area contributed by atoms with Crippen LogP contribution in [0.2, 0.25) is 0 Å². The van der Waals surface area contributed by atoms with Gasteiger partial charge in [-0.25, -0.2) is 13.2 Å². The lowest BCUT2D eigenvalue weighted by Crippen LogP contribution is -2.33. The number of carbonyl (C=O) groups excluding carboxylic acids is 2. The molecule has 0 atom stereocenters. The number of fused-ring (bicyclic) bond motifs is 1. The summed E-state index contributed by atoms with van der Waals surface area (Å²) in [5, 5.41) is 2.66. The van der Waals surface area contributed by atoms with Gasteiger partial charge in [0, 0.05) is 23.6 Å². The number of halogens is 3. The number of benzene rings is 2. The Hall–Kier alpha value is -3.29. The molecule has 27 heavy (non-hydrogen) atoms. The lowest BCUT2D eigenvalue weighted by atomic mass is 10.0. The summed E-state index contributed by atoms with van der Waals surface area (Å²) in [6.45, 7) is -0.291. The van der Waals surface area contributed by atoms with Crippen LogP contribution < -0.4 is 11.1 Å². The highest BCUT2D eigenvalue weighted by Crippen LogP contribution is 2.33. The van der Waals surface area contributed by atoms with Crippen LogP contribution in [0.4, 0.5) is 13.2 Å². The van der Waals surface area contributed by atoms with Crippen molar-refractivity contribution in [3.05, 3.63) is 59.4 Å². The number of nitrogens with one attached hydrogen (secondary N) is 2. The molecule has 2 aromatic carbocycles. The highest BCUT2D eigenvalue weighted by atomic mass is 19.1. The Balaban J connectivity index is 2.00. The predicted octanol–water partition coefficient (Wildman–Crippen LogP) is 2.79. The molecule has 0 saturated heterocycles. The van der Waals surface area contributed by atoms with Gasteiger partial charge in [-0.1, -0.05) is 0 Å². The molecule has 0 unspecified atom stereocenters. The SMILES string of the molecule is NC(=O)CNC(=O)CCc1c(-c2ccc(F)cc2)[nH]c2c(F)cc(F)cc12. The molecule has 0 aliphatic rings. The van der Waals surface area contributed by atoms with Gasteiger partial charge >= 0.3 is 0 Å².